The molecule has 0 fully saturated rings. The highest BCUT2D eigenvalue weighted by atomic mass is 79.9. The maximum atomic E-state index is 10.8. The van der Waals surface area contributed by atoms with Crippen LogP contribution >= 0.6 is 39.1 Å². The first kappa shape index (κ1) is 20.2. The Morgan fingerprint density at radius 1 is 0.889 bits per heavy atom. The molecular formula is C22H20BrCl2NO. The predicted octanol–water partition coefficient (Wildman–Crippen LogP) is 7.34. The molecule has 5 heteroatoms. The van der Waals surface area contributed by atoms with Gasteiger partial charge >= 0.3 is 0 Å². The summed E-state index contributed by atoms with van der Waals surface area (Å²) in [4.78, 5) is 0. The molecule has 2 nitrogen and oxygen atoms in total. The Morgan fingerprint density at radius 3 is 2.15 bits per heavy atom. The summed E-state index contributed by atoms with van der Waals surface area (Å²) in [6.45, 7) is 2.03. The van der Waals surface area contributed by atoms with Gasteiger partial charge in [-0.05, 0) is 54.4 Å². The van der Waals surface area contributed by atoms with Gasteiger partial charge in [0.15, 0.2) is 0 Å². The van der Waals surface area contributed by atoms with Crippen LogP contribution in [0.15, 0.2) is 71.2 Å². The van der Waals surface area contributed by atoms with Crippen molar-refractivity contribution >= 4 is 44.8 Å². The Hall–Kier alpha value is -1.52. The van der Waals surface area contributed by atoms with Gasteiger partial charge in [0.05, 0.1) is 22.2 Å². The highest BCUT2D eigenvalue weighted by molar-refractivity contribution is 9.10. The molecule has 3 aromatic rings. The molecule has 140 valence electrons. The van der Waals surface area contributed by atoms with Gasteiger partial charge in [0.2, 0.25) is 0 Å². The average molecular weight is 465 g/mol. The maximum absolute atomic E-state index is 10.8. The number of aryl methyl sites for hydroxylation is 1. The van der Waals surface area contributed by atoms with E-state index in [-0.39, 0.29) is 6.04 Å². The van der Waals surface area contributed by atoms with Gasteiger partial charge in [0.25, 0.3) is 0 Å². The van der Waals surface area contributed by atoms with Crippen LogP contribution in [-0.4, -0.2) is 5.11 Å². The van der Waals surface area contributed by atoms with Crippen LogP contribution in [0.2, 0.25) is 10.0 Å². The highest BCUT2D eigenvalue weighted by Crippen LogP contribution is 2.33. The molecule has 0 radical (unpaired) electrons. The lowest BCUT2D eigenvalue weighted by Crippen LogP contribution is -2.15. The van der Waals surface area contributed by atoms with Crippen LogP contribution in [0.1, 0.15) is 35.3 Å². The van der Waals surface area contributed by atoms with Gasteiger partial charge in [-0.2, -0.15) is 0 Å². The molecule has 2 unspecified atom stereocenters. The van der Waals surface area contributed by atoms with Crippen LogP contribution in [0.3, 0.4) is 0 Å². The van der Waals surface area contributed by atoms with E-state index in [2.05, 4.69) is 21.2 Å². The lowest BCUT2D eigenvalue weighted by Gasteiger charge is -2.24. The zero-order valence-electron chi connectivity index (χ0n) is 14.8. The van der Waals surface area contributed by atoms with Gasteiger partial charge in [-0.25, -0.2) is 0 Å². The van der Waals surface area contributed by atoms with Crippen molar-refractivity contribution < 1.29 is 5.11 Å². The van der Waals surface area contributed by atoms with Gasteiger partial charge in [0, 0.05) is 16.6 Å². The summed E-state index contributed by atoms with van der Waals surface area (Å²) >= 11 is 15.7. The van der Waals surface area contributed by atoms with Gasteiger partial charge in [-0.1, -0.05) is 75.0 Å². The quantitative estimate of drug-likeness (QED) is 0.399. The van der Waals surface area contributed by atoms with Crippen molar-refractivity contribution in [2.75, 3.05) is 5.32 Å². The second-order valence-corrected chi connectivity index (χ2v) is 8.27. The molecule has 0 heterocycles. The molecule has 3 rings (SSSR count). The minimum absolute atomic E-state index is 0.128. The molecule has 0 aromatic heterocycles. The summed E-state index contributed by atoms with van der Waals surface area (Å²) in [5, 5.41) is 15.3. The average Bonchev–Trinajstić information content (AvgIpc) is 2.65. The van der Waals surface area contributed by atoms with E-state index >= 15 is 0 Å². The fraction of sp³-hybridized carbons (Fsp3) is 0.182. The number of rotatable bonds is 6. The fourth-order valence-electron chi connectivity index (χ4n) is 2.90. The molecule has 27 heavy (non-hydrogen) atoms. The van der Waals surface area contributed by atoms with Crippen molar-refractivity contribution in [2.45, 2.75) is 25.5 Å². The molecule has 0 saturated heterocycles. The lowest BCUT2D eigenvalue weighted by atomic mass is 9.96. The zero-order chi connectivity index (χ0) is 19.4. The van der Waals surface area contributed by atoms with E-state index in [0.717, 1.165) is 21.3 Å². The smallest absolute Gasteiger partial charge is 0.0812 e. The predicted molar refractivity (Wildman–Crippen MR) is 118 cm³/mol. The van der Waals surface area contributed by atoms with Crippen molar-refractivity contribution in [3.05, 3.63) is 97.9 Å². The van der Waals surface area contributed by atoms with Crippen LogP contribution in [-0.2, 0) is 0 Å². The molecule has 0 spiro atoms. The third-order valence-corrected chi connectivity index (χ3v) is 5.72. The summed E-state index contributed by atoms with van der Waals surface area (Å²) in [5.41, 5.74) is 3.99. The number of nitrogens with one attached hydrogen (secondary N) is 1. The SMILES string of the molecule is Cc1ccc(C(O)CC(Nc2ccc(Br)cc2)c2ccc(Cl)c(Cl)c2)cc1. The Kier molecular flexibility index (Phi) is 6.83. The second-order valence-electron chi connectivity index (χ2n) is 6.54. The van der Waals surface area contributed by atoms with E-state index in [0.29, 0.717) is 16.5 Å². The fourth-order valence-corrected chi connectivity index (χ4v) is 3.47. The highest BCUT2D eigenvalue weighted by Gasteiger charge is 2.19. The molecule has 0 amide bonds. The minimum Gasteiger partial charge on any atom is -0.388 e. The van der Waals surface area contributed by atoms with Gasteiger partial charge in [-0.3, -0.25) is 0 Å². The van der Waals surface area contributed by atoms with Crippen LogP contribution < -0.4 is 5.32 Å². The molecular weight excluding hydrogens is 445 g/mol. The number of anilines is 1. The minimum atomic E-state index is -0.604. The Morgan fingerprint density at radius 2 is 1.52 bits per heavy atom. The van der Waals surface area contributed by atoms with E-state index in [1.165, 1.54) is 5.56 Å². The van der Waals surface area contributed by atoms with Crippen molar-refractivity contribution in [1.29, 1.82) is 0 Å². The van der Waals surface area contributed by atoms with E-state index in [1.807, 2.05) is 67.6 Å². The van der Waals surface area contributed by atoms with Crippen LogP contribution in [0, 0.1) is 6.92 Å². The topological polar surface area (TPSA) is 32.3 Å². The largest absolute Gasteiger partial charge is 0.388 e. The Balaban J connectivity index is 1.87. The number of aliphatic hydroxyl groups excluding tert-OH is 1. The summed E-state index contributed by atoms with van der Waals surface area (Å²) in [6, 6.07) is 21.3. The van der Waals surface area contributed by atoms with Crippen molar-refractivity contribution in [2.24, 2.45) is 0 Å². The third kappa shape index (κ3) is 5.49. The monoisotopic (exact) mass is 463 g/mol. The first-order chi connectivity index (χ1) is 12.9. The van der Waals surface area contributed by atoms with Crippen molar-refractivity contribution in [1.82, 2.24) is 0 Å². The first-order valence-corrected chi connectivity index (χ1v) is 10.2. The van der Waals surface area contributed by atoms with Crippen molar-refractivity contribution in [3.63, 3.8) is 0 Å². The van der Waals surface area contributed by atoms with E-state index in [4.69, 9.17) is 23.2 Å². The number of aliphatic hydroxyl groups is 1. The number of benzene rings is 3. The standard InChI is InChI=1S/C22H20BrCl2NO/c1-14-2-4-15(5-3-14)22(27)13-21(16-6-11-19(24)20(25)12-16)26-18-9-7-17(23)8-10-18/h2-12,21-22,26-27H,13H2,1H3. The van der Waals surface area contributed by atoms with Crippen LogP contribution in [0.4, 0.5) is 5.69 Å². The van der Waals surface area contributed by atoms with Gasteiger partial charge in [0.1, 0.15) is 0 Å². The van der Waals surface area contributed by atoms with Crippen LogP contribution in [0.5, 0.6) is 0 Å². The first-order valence-electron chi connectivity index (χ1n) is 8.64. The normalized spacial score (nSPS) is 13.2. The molecule has 0 bridgehead atoms. The molecule has 0 aliphatic heterocycles. The van der Waals surface area contributed by atoms with Gasteiger partial charge in [-0.15, -0.1) is 0 Å². The van der Waals surface area contributed by atoms with Gasteiger partial charge < -0.3 is 10.4 Å². The van der Waals surface area contributed by atoms with E-state index < -0.39 is 6.10 Å². The molecule has 2 atom stereocenters. The summed E-state index contributed by atoms with van der Waals surface area (Å²) in [7, 11) is 0. The van der Waals surface area contributed by atoms with E-state index in [1.54, 1.807) is 6.07 Å². The molecule has 0 aliphatic carbocycles. The number of hydrogen-bond donors (Lipinski definition) is 2. The summed E-state index contributed by atoms with van der Waals surface area (Å²) in [5.74, 6) is 0. The summed E-state index contributed by atoms with van der Waals surface area (Å²) in [6.07, 6.45) is -0.107. The zero-order valence-corrected chi connectivity index (χ0v) is 17.9. The number of hydrogen-bond acceptors (Lipinski definition) is 2. The molecule has 2 N–H and O–H groups in total. The maximum Gasteiger partial charge on any atom is 0.0812 e. The molecule has 0 aliphatic rings. The van der Waals surface area contributed by atoms with Crippen molar-refractivity contribution in [3.8, 4) is 0 Å². The number of halogens is 3. The van der Waals surface area contributed by atoms with E-state index in [9.17, 15) is 5.11 Å². The second kappa shape index (κ2) is 9.11. The molecule has 3 aromatic carbocycles. The molecule has 0 saturated carbocycles. The summed E-state index contributed by atoms with van der Waals surface area (Å²) < 4.78 is 1.01. The Labute approximate surface area is 178 Å². The Bertz CT molecular complexity index is 897. The third-order valence-electron chi connectivity index (χ3n) is 4.45. The lowest BCUT2D eigenvalue weighted by molar-refractivity contribution is 0.160. The van der Waals surface area contributed by atoms with Crippen LogP contribution in [0.25, 0.3) is 0 Å².